The van der Waals surface area contributed by atoms with Gasteiger partial charge in [0.05, 0.1) is 48.9 Å². The van der Waals surface area contributed by atoms with Gasteiger partial charge in [0.2, 0.25) is 5.88 Å². The van der Waals surface area contributed by atoms with Crippen molar-refractivity contribution in [1.29, 1.82) is 0 Å². The van der Waals surface area contributed by atoms with Crippen molar-refractivity contribution < 1.29 is 45.7 Å². The van der Waals surface area contributed by atoms with Gasteiger partial charge in [-0.05, 0) is 62.4 Å². The molecule has 1 aromatic carbocycles. The second kappa shape index (κ2) is 14.1. The number of alkyl halides is 6. The number of halogens is 6. The molecule has 5 rings (SSSR count). The highest BCUT2D eigenvalue weighted by Gasteiger charge is 2.40. The van der Waals surface area contributed by atoms with Gasteiger partial charge in [-0.25, -0.2) is 14.8 Å². The molecule has 4 heterocycles. The van der Waals surface area contributed by atoms with Crippen LogP contribution in [0.25, 0.3) is 0 Å². The van der Waals surface area contributed by atoms with Crippen LogP contribution in [0.3, 0.4) is 0 Å². The van der Waals surface area contributed by atoms with Gasteiger partial charge in [-0.3, -0.25) is 4.90 Å². The molecule has 2 atom stereocenters. The van der Waals surface area contributed by atoms with Crippen LogP contribution in [0.5, 0.6) is 5.88 Å². The summed E-state index contributed by atoms with van der Waals surface area (Å²) in [6.07, 6.45) is -7.40. The van der Waals surface area contributed by atoms with E-state index in [0.29, 0.717) is 50.2 Å². The minimum atomic E-state index is -5.00. The van der Waals surface area contributed by atoms with Crippen LogP contribution in [-0.4, -0.2) is 77.4 Å². The standard InChI is InChI=1S/C32H38F6N6O4/c1-4-22-15-25(28-26(6-7-27(41-28)47-3)44(22)30(46)48-5-2)40-29-39-16-23(42-10-8-24(45)9-11-42)18-43(29)17-19-12-20(31(33,34)35)14-21(13-19)32(36,37)38/h6-7,12-14,16,22,24-25,45H,4-5,8-11,15,17-18H2,1-3H3,(H,39,40)/t22-,25+/m1/s1. The van der Waals surface area contributed by atoms with Crippen LogP contribution in [-0.2, 0) is 23.6 Å². The zero-order valence-corrected chi connectivity index (χ0v) is 26.7. The number of nitrogens with zero attached hydrogens (tertiary/aromatic N) is 5. The van der Waals surface area contributed by atoms with E-state index in [2.05, 4.69) is 10.3 Å². The number of methoxy groups -OCH3 is 1. The van der Waals surface area contributed by atoms with E-state index in [9.17, 15) is 36.2 Å². The fraction of sp³-hybridized carbons (Fsp3) is 0.531. The lowest BCUT2D eigenvalue weighted by Crippen LogP contribution is -2.49. The lowest BCUT2D eigenvalue weighted by Gasteiger charge is -2.41. The molecule has 1 amide bonds. The van der Waals surface area contributed by atoms with Crippen LogP contribution < -0.4 is 15.0 Å². The van der Waals surface area contributed by atoms with Gasteiger partial charge in [-0.2, -0.15) is 26.3 Å². The van der Waals surface area contributed by atoms with Crippen LogP contribution in [0.15, 0.2) is 47.2 Å². The highest BCUT2D eigenvalue weighted by atomic mass is 19.4. The van der Waals surface area contributed by atoms with Crippen molar-refractivity contribution in [3.8, 4) is 5.88 Å². The smallest absolute Gasteiger partial charge is 0.416 e. The Kier molecular flexibility index (Phi) is 10.3. The van der Waals surface area contributed by atoms with Crippen LogP contribution in [0.1, 0.15) is 68.0 Å². The number of aliphatic imine (C=N–C) groups is 1. The number of piperidine rings is 1. The number of likely N-dealkylation sites (tertiary alicyclic amines) is 1. The van der Waals surface area contributed by atoms with E-state index in [1.54, 1.807) is 30.2 Å². The van der Waals surface area contributed by atoms with Crippen LogP contribution in [0, 0.1) is 0 Å². The summed E-state index contributed by atoms with van der Waals surface area (Å²) in [6, 6.07) is 3.82. The molecule has 2 aromatic rings. The van der Waals surface area contributed by atoms with Gasteiger partial charge < -0.3 is 29.7 Å². The number of nitrogens with one attached hydrogen (secondary N) is 1. The molecule has 16 heteroatoms. The second-order valence-corrected chi connectivity index (χ2v) is 11.9. The number of ether oxygens (including phenoxy) is 2. The number of amides is 1. The summed E-state index contributed by atoms with van der Waals surface area (Å²) in [5.74, 6) is 0.478. The Labute approximate surface area is 274 Å². The van der Waals surface area contributed by atoms with Crippen molar-refractivity contribution in [3.05, 3.63) is 64.6 Å². The molecule has 0 saturated carbocycles. The number of aliphatic hydroxyl groups excluding tert-OH is 1. The fourth-order valence-corrected chi connectivity index (χ4v) is 6.21. The predicted octanol–water partition coefficient (Wildman–Crippen LogP) is 6.07. The second-order valence-electron chi connectivity index (χ2n) is 11.9. The molecule has 3 aliphatic heterocycles. The number of rotatable bonds is 7. The largest absolute Gasteiger partial charge is 0.481 e. The SMILES string of the molecule is CCOC(=O)N1c2ccc(OC)nc2[C@@H](N=C2NC=C(N3CCC(O)CC3)CN2Cc2cc(C(F)(F)F)cc(C(F)(F)F)c2)C[C@H]1CC. The van der Waals surface area contributed by atoms with E-state index in [0.717, 1.165) is 17.8 Å². The van der Waals surface area contributed by atoms with Crippen molar-refractivity contribution in [1.82, 2.24) is 20.1 Å². The average molecular weight is 685 g/mol. The van der Waals surface area contributed by atoms with Crippen molar-refractivity contribution in [2.45, 2.75) is 76.6 Å². The molecule has 262 valence electrons. The number of anilines is 1. The molecule has 1 fully saturated rings. The monoisotopic (exact) mass is 684 g/mol. The van der Waals surface area contributed by atoms with E-state index in [-0.39, 0.29) is 49.2 Å². The number of carbonyl (C=O) groups is 1. The van der Waals surface area contributed by atoms with Gasteiger partial charge in [-0.15, -0.1) is 0 Å². The van der Waals surface area contributed by atoms with Crippen molar-refractivity contribution in [2.75, 3.05) is 38.3 Å². The molecule has 0 bridgehead atoms. The highest BCUT2D eigenvalue weighted by Crippen LogP contribution is 2.41. The Bertz CT molecular complexity index is 1510. The third-order valence-electron chi connectivity index (χ3n) is 8.65. The Morgan fingerprint density at radius 3 is 2.31 bits per heavy atom. The lowest BCUT2D eigenvalue weighted by atomic mass is 9.94. The summed E-state index contributed by atoms with van der Waals surface area (Å²) in [5, 5.41) is 13.1. The number of aliphatic hydroxyl groups is 1. The van der Waals surface area contributed by atoms with Gasteiger partial charge in [-0.1, -0.05) is 6.92 Å². The maximum Gasteiger partial charge on any atom is 0.416 e. The molecule has 1 aromatic heterocycles. The van der Waals surface area contributed by atoms with Gasteiger partial charge >= 0.3 is 18.4 Å². The van der Waals surface area contributed by atoms with E-state index >= 15 is 0 Å². The van der Waals surface area contributed by atoms with Crippen molar-refractivity contribution >= 4 is 17.7 Å². The first kappa shape index (κ1) is 35.1. The van der Waals surface area contributed by atoms with E-state index in [4.69, 9.17) is 14.5 Å². The van der Waals surface area contributed by atoms with Gasteiger partial charge in [0.25, 0.3) is 0 Å². The first-order chi connectivity index (χ1) is 22.7. The van der Waals surface area contributed by atoms with Crippen LogP contribution in [0.2, 0.25) is 0 Å². The quantitative estimate of drug-likeness (QED) is 0.339. The number of hydrogen-bond acceptors (Lipinski definition) is 7. The van der Waals surface area contributed by atoms with E-state index in [1.807, 2.05) is 11.8 Å². The highest BCUT2D eigenvalue weighted by molar-refractivity contribution is 5.90. The Morgan fingerprint density at radius 1 is 1.06 bits per heavy atom. The van der Waals surface area contributed by atoms with E-state index < -0.39 is 41.7 Å². The van der Waals surface area contributed by atoms with Gasteiger partial charge in [0.1, 0.15) is 6.04 Å². The molecule has 1 saturated heterocycles. The number of pyridine rings is 1. The van der Waals surface area contributed by atoms with Crippen LogP contribution >= 0.6 is 0 Å². The zero-order chi connectivity index (χ0) is 34.8. The Morgan fingerprint density at radius 2 is 1.73 bits per heavy atom. The Hall–Kier alpha value is -4.21. The maximum absolute atomic E-state index is 13.7. The molecule has 0 spiro atoms. The van der Waals surface area contributed by atoms with Crippen LogP contribution in [0.4, 0.5) is 36.8 Å². The average Bonchev–Trinajstić information content (AvgIpc) is 3.04. The maximum atomic E-state index is 13.7. The predicted molar refractivity (Wildman–Crippen MR) is 164 cm³/mol. The molecule has 48 heavy (non-hydrogen) atoms. The first-order valence-corrected chi connectivity index (χ1v) is 15.7. The molecule has 0 unspecified atom stereocenters. The number of benzene rings is 1. The zero-order valence-electron chi connectivity index (χ0n) is 26.7. The molecule has 0 radical (unpaired) electrons. The Balaban J connectivity index is 1.57. The number of aromatic nitrogens is 1. The minimum Gasteiger partial charge on any atom is -0.481 e. The van der Waals surface area contributed by atoms with Gasteiger partial charge in [0, 0.05) is 43.6 Å². The summed E-state index contributed by atoms with van der Waals surface area (Å²) in [5.41, 5.74) is -1.41. The van der Waals surface area contributed by atoms with E-state index in [1.165, 1.54) is 12.0 Å². The molecule has 10 nitrogen and oxygen atoms in total. The minimum absolute atomic E-state index is 0.107. The lowest BCUT2D eigenvalue weighted by molar-refractivity contribution is -0.143. The summed E-state index contributed by atoms with van der Waals surface area (Å²) in [4.78, 5) is 27.7. The fourth-order valence-electron chi connectivity index (χ4n) is 6.21. The summed E-state index contributed by atoms with van der Waals surface area (Å²) >= 11 is 0. The summed E-state index contributed by atoms with van der Waals surface area (Å²) in [7, 11) is 1.44. The number of fused-ring (bicyclic) bond motifs is 1. The molecule has 0 aliphatic carbocycles. The molecule has 2 N–H and O–H groups in total. The molecule has 3 aliphatic rings. The first-order valence-electron chi connectivity index (χ1n) is 15.7. The topological polar surface area (TPSA) is 103 Å². The van der Waals surface area contributed by atoms with Gasteiger partial charge in [0.15, 0.2) is 5.96 Å². The third kappa shape index (κ3) is 7.74. The number of carbonyl (C=O) groups excluding carboxylic acids is 1. The third-order valence-corrected chi connectivity index (χ3v) is 8.65. The normalized spacial score (nSPS) is 21.5. The number of hydrogen-bond donors (Lipinski definition) is 2. The van der Waals surface area contributed by atoms with Crippen molar-refractivity contribution in [2.24, 2.45) is 4.99 Å². The summed E-state index contributed by atoms with van der Waals surface area (Å²) in [6.45, 7) is 4.61. The summed E-state index contributed by atoms with van der Waals surface area (Å²) < 4.78 is 93.1. The number of guanidine groups is 1. The van der Waals surface area contributed by atoms with Crippen molar-refractivity contribution in [3.63, 3.8) is 0 Å². The molecular weight excluding hydrogens is 646 g/mol. The molecular formula is C32H38F6N6O4.